The predicted octanol–water partition coefficient (Wildman–Crippen LogP) is 4.58. The van der Waals surface area contributed by atoms with Gasteiger partial charge in [0, 0.05) is 50.1 Å². The first kappa shape index (κ1) is 23.8. The summed E-state index contributed by atoms with van der Waals surface area (Å²) >= 11 is 1.97. The van der Waals surface area contributed by atoms with Gasteiger partial charge in [0.25, 0.3) is 0 Å². The molecule has 1 aromatic carbocycles. The van der Waals surface area contributed by atoms with Gasteiger partial charge in [-0.05, 0) is 49.4 Å². The molecule has 1 saturated heterocycles. The molecular formula is C22H32IN5S. The van der Waals surface area contributed by atoms with Crippen molar-refractivity contribution in [3.05, 3.63) is 54.7 Å². The monoisotopic (exact) mass is 525 g/mol. The number of rotatable bonds is 9. The molecule has 1 aliphatic heterocycles. The topological polar surface area (TPSA) is 52.6 Å². The molecule has 5 nitrogen and oxygen atoms in total. The molecule has 0 radical (unpaired) electrons. The van der Waals surface area contributed by atoms with E-state index in [9.17, 15) is 0 Å². The summed E-state index contributed by atoms with van der Waals surface area (Å²) in [5, 5.41) is 6.88. The van der Waals surface area contributed by atoms with E-state index >= 15 is 0 Å². The fourth-order valence-corrected chi connectivity index (χ4v) is 4.41. The predicted molar refractivity (Wildman–Crippen MR) is 136 cm³/mol. The normalized spacial score (nSPS) is 16.4. The number of thioether (sulfide) groups is 1. The van der Waals surface area contributed by atoms with Crippen LogP contribution in [0.25, 0.3) is 0 Å². The van der Waals surface area contributed by atoms with Crippen molar-refractivity contribution >= 4 is 47.5 Å². The Balaban J connectivity index is 0.00000300. The Hall–Kier alpha value is -1.48. The second-order valence-corrected chi connectivity index (χ2v) is 8.14. The summed E-state index contributed by atoms with van der Waals surface area (Å²) in [7, 11) is 1.89. The van der Waals surface area contributed by atoms with Crippen LogP contribution in [0.5, 0.6) is 0 Å². The van der Waals surface area contributed by atoms with Crippen LogP contribution in [0.4, 0.5) is 5.82 Å². The maximum atomic E-state index is 4.49. The largest absolute Gasteiger partial charge is 0.370 e. The lowest BCUT2D eigenvalue weighted by atomic mass is 10.2. The third kappa shape index (κ3) is 8.42. The molecule has 2 N–H and O–H groups in total. The third-order valence-electron chi connectivity index (χ3n) is 4.88. The van der Waals surface area contributed by atoms with Gasteiger partial charge in [0.15, 0.2) is 5.96 Å². The summed E-state index contributed by atoms with van der Waals surface area (Å²) < 4.78 is 0. The molecule has 3 rings (SSSR count). The first-order valence-electron chi connectivity index (χ1n) is 10.1. The number of aromatic nitrogens is 1. The van der Waals surface area contributed by atoms with Crippen molar-refractivity contribution < 1.29 is 0 Å². The third-order valence-corrected chi connectivity index (χ3v) is 6.13. The Labute approximate surface area is 196 Å². The molecule has 0 saturated carbocycles. The fourth-order valence-electron chi connectivity index (χ4n) is 3.36. The summed E-state index contributed by atoms with van der Waals surface area (Å²) in [4.78, 5) is 12.5. The van der Waals surface area contributed by atoms with Crippen LogP contribution >= 0.6 is 35.7 Å². The average Bonchev–Trinajstić information content (AvgIpc) is 3.22. The smallest absolute Gasteiger partial charge is 0.193 e. The van der Waals surface area contributed by atoms with Gasteiger partial charge in [-0.3, -0.25) is 4.99 Å². The van der Waals surface area contributed by atoms with Crippen LogP contribution in [-0.4, -0.2) is 54.8 Å². The van der Waals surface area contributed by atoms with E-state index in [0.29, 0.717) is 0 Å². The molecule has 0 amide bonds. The van der Waals surface area contributed by atoms with Gasteiger partial charge in [0.2, 0.25) is 0 Å². The van der Waals surface area contributed by atoms with E-state index < -0.39 is 0 Å². The molecule has 1 aliphatic rings. The minimum atomic E-state index is 0. The maximum Gasteiger partial charge on any atom is 0.193 e. The van der Waals surface area contributed by atoms with E-state index in [0.717, 1.165) is 56.7 Å². The number of unbranched alkanes of at least 4 members (excludes halogenated alkanes) is 1. The van der Waals surface area contributed by atoms with Crippen molar-refractivity contribution in [3.8, 4) is 0 Å². The van der Waals surface area contributed by atoms with Crippen molar-refractivity contribution in [2.75, 3.05) is 44.3 Å². The van der Waals surface area contributed by atoms with Crippen LogP contribution in [0, 0.1) is 5.92 Å². The van der Waals surface area contributed by atoms with E-state index in [1.54, 1.807) is 0 Å². The summed E-state index contributed by atoms with van der Waals surface area (Å²) in [6, 6.07) is 16.6. The highest BCUT2D eigenvalue weighted by atomic mass is 127. The van der Waals surface area contributed by atoms with E-state index in [4.69, 9.17) is 0 Å². The molecule has 1 atom stereocenters. The van der Waals surface area contributed by atoms with Crippen LogP contribution in [0.2, 0.25) is 0 Å². The van der Waals surface area contributed by atoms with Gasteiger partial charge < -0.3 is 15.5 Å². The van der Waals surface area contributed by atoms with Gasteiger partial charge in [-0.15, -0.1) is 35.7 Å². The van der Waals surface area contributed by atoms with Crippen LogP contribution in [0.15, 0.2) is 64.6 Å². The molecular weight excluding hydrogens is 493 g/mol. The minimum absolute atomic E-state index is 0. The molecule has 1 unspecified atom stereocenters. The van der Waals surface area contributed by atoms with Gasteiger partial charge in [-0.25, -0.2) is 4.98 Å². The quantitative estimate of drug-likeness (QED) is 0.165. The highest BCUT2D eigenvalue weighted by Crippen LogP contribution is 2.25. The summed E-state index contributed by atoms with van der Waals surface area (Å²) in [6.45, 7) is 4.10. The highest BCUT2D eigenvalue weighted by Gasteiger charge is 2.24. The Morgan fingerprint density at radius 1 is 1.14 bits per heavy atom. The fraction of sp³-hybridized carbons (Fsp3) is 0.455. The number of benzene rings is 1. The van der Waals surface area contributed by atoms with E-state index in [-0.39, 0.29) is 24.0 Å². The molecule has 2 heterocycles. The van der Waals surface area contributed by atoms with Crippen LogP contribution in [0.3, 0.4) is 0 Å². The number of hydrogen-bond acceptors (Lipinski definition) is 4. The van der Waals surface area contributed by atoms with Crippen LogP contribution in [-0.2, 0) is 0 Å². The molecule has 1 aromatic heterocycles. The Bertz CT molecular complexity index is 714. The molecule has 29 heavy (non-hydrogen) atoms. The van der Waals surface area contributed by atoms with Gasteiger partial charge in [0.05, 0.1) is 0 Å². The molecule has 7 heteroatoms. The Morgan fingerprint density at radius 3 is 2.69 bits per heavy atom. The zero-order chi connectivity index (χ0) is 19.4. The van der Waals surface area contributed by atoms with E-state index in [1.165, 1.54) is 17.1 Å². The van der Waals surface area contributed by atoms with Gasteiger partial charge in [-0.1, -0.05) is 24.3 Å². The summed E-state index contributed by atoms with van der Waals surface area (Å²) in [6.07, 6.45) is 5.28. The number of guanidine groups is 1. The first-order valence-corrected chi connectivity index (χ1v) is 11.1. The maximum absolute atomic E-state index is 4.49. The van der Waals surface area contributed by atoms with Gasteiger partial charge >= 0.3 is 0 Å². The Morgan fingerprint density at radius 2 is 1.93 bits per heavy atom. The number of pyridine rings is 1. The Kier molecular flexibility index (Phi) is 11.2. The van der Waals surface area contributed by atoms with Crippen LogP contribution in [0.1, 0.15) is 19.3 Å². The van der Waals surface area contributed by atoms with Gasteiger partial charge in [-0.2, -0.15) is 0 Å². The van der Waals surface area contributed by atoms with Crippen molar-refractivity contribution in [1.82, 2.24) is 15.2 Å². The number of likely N-dealkylation sites (tertiary alicyclic amines) is 1. The zero-order valence-electron chi connectivity index (χ0n) is 17.1. The standard InChI is InChI=1S/C22H31N5S.HI/c1-23-22(26-15-8-7-14-25-21-11-5-6-13-24-21)27-16-12-19(17-27)18-28-20-9-3-2-4-10-20;/h2-6,9-11,13,19H,7-8,12,14-18H2,1H3,(H,23,26)(H,24,25);1H. The lowest BCUT2D eigenvalue weighted by Gasteiger charge is -2.21. The number of hydrogen-bond donors (Lipinski definition) is 2. The molecule has 0 bridgehead atoms. The first-order chi connectivity index (χ1) is 13.8. The van der Waals surface area contributed by atoms with Crippen molar-refractivity contribution in [3.63, 3.8) is 0 Å². The molecule has 0 spiro atoms. The molecule has 0 aliphatic carbocycles. The summed E-state index contributed by atoms with van der Waals surface area (Å²) in [5.74, 6) is 3.90. The van der Waals surface area contributed by atoms with Gasteiger partial charge in [0.1, 0.15) is 5.82 Å². The zero-order valence-corrected chi connectivity index (χ0v) is 20.2. The second-order valence-electron chi connectivity index (χ2n) is 7.05. The molecule has 158 valence electrons. The lowest BCUT2D eigenvalue weighted by Crippen LogP contribution is -2.40. The SMILES string of the molecule is CN=C(NCCCCNc1ccccn1)N1CCC(CSc2ccccc2)C1.I. The van der Waals surface area contributed by atoms with Crippen LogP contribution < -0.4 is 10.6 Å². The molecule has 2 aromatic rings. The van der Waals surface area contributed by atoms with E-state index in [1.807, 2.05) is 43.2 Å². The molecule has 1 fully saturated rings. The lowest BCUT2D eigenvalue weighted by molar-refractivity contribution is 0.473. The van der Waals surface area contributed by atoms with Crippen molar-refractivity contribution in [2.24, 2.45) is 10.9 Å². The number of halogens is 1. The van der Waals surface area contributed by atoms with E-state index in [2.05, 4.69) is 55.8 Å². The number of nitrogens with one attached hydrogen (secondary N) is 2. The number of nitrogens with zero attached hydrogens (tertiary/aromatic N) is 3. The van der Waals surface area contributed by atoms with Crippen molar-refractivity contribution in [2.45, 2.75) is 24.2 Å². The minimum Gasteiger partial charge on any atom is -0.370 e. The number of aliphatic imine (C=N–C) groups is 1. The summed E-state index contributed by atoms with van der Waals surface area (Å²) in [5.41, 5.74) is 0. The highest BCUT2D eigenvalue weighted by molar-refractivity contribution is 14.0. The average molecular weight is 526 g/mol. The van der Waals surface area contributed by atoms with Crippen molar-refractivity contribution in [1.29, 1.82) is 0 Å². The second kappa shape index (κ2) is 13.7. The number of anilines is 1.